The van der Waals surface area contributed by atoms with Gasteiger partial charge in [-0.1, -0.05) is 17.7 Å². The van der Waals surface area contributed by atoms with Gasteiger partial charge in [-0.2, -0.15) is 5.26 Å². The Balaban J connectivity index is 2.03. The molecule has 0 aromatic heterocycles. The molecular formula is C20H21ClN4O2. The van der Waals surface area contributed by atoms with Crippen molar-refractivity contribution < 1.29 is 9.53 Å². The number of nitrogens with one attached hydrogen (secondary N) is 3. The number of benzene rings is 2. The summed E-state index contributed by atoms with van der Waals surface area (Å²) in [6.07, 6.45) is 0. The number of nitrogens with zero attached hydrogens (tertiary/aromatic N) is 1. The molecule has 1 aliphatic heterocycles. The minimum atomic E-state index is -0.292. The lowest BCUT2D eigenvalue weighted by Gasteiger charge is -2.33. The van der Waals surface area contributed by atoms with Crippen LogP contribution in [0.15, 0.2) is 36.4 Å². The molecule has 0 saturated carbocycles. The average Bonchev–Trinajstić information content (AvgIpc) is 2.62. The van der Waals surface area contributed by atoms with Crippen molar-refractivity contribution in [1.82, 2.24) is 0 Å². The van der Waals surface area contributed by atoms with Gasteiger partial charge >= 0.3 is 0 Å². The van der Waals surface area contributed by atoms with Crippen LogP contribution in [0.25, 0.3) is 0 Å². The summed E-state index contributed by atoms with van der Waals surface area (Å²) in [4.78, 5) is 11.6. The normalized spacial score (nSPS) is 17.9. The number of nitriles is 1. The largest absolute Gasteiger partial charge is 0.492 e. The number of hydrogen-bond acceptors (Lipinski definition) is 5. The molecule has 2 aromatic rings. The Morgan fingerprint density at radius 2 is 2.22 bits per heavy atom. The van der Waals surface area contributed by atoms with E-state index in [9.17, 15) is 10.1 Å². The highest BCUT2D eigenvalue weighted by molar-refractivity contribution is 6.30. The van der Waals surface area contributed by atoms with Gasteiger partial charge in [-0.15, -0.1) is 0 Å². The zero-order chi connectivity index (χ0) is 19.4. The number of anilines is 3. The lowest BCUT2D eigenvalue weighted by molar-refractivity contribution is -0.114. The van der Waals surface area contributed by atoms with E-state index >= 15 is 0 Å². The van der Waals surface area contributed by atoms with Gasteiger partial charge in [0.15, 0.2) is 0 Å². The van der Waals surface area contributed by atoms with E-state index in [4.69, 9.17) is 16.3 Å². The monoisotopic (exact) mass is 384 g/mol. The molecule has 3 rings (SSSR count). The van der Waals surface area contributed by atoms with Crippen LogP contribution in [0, 0.1) is 17.2 Å². The molecular weight excluding hydrogens is 364 g/mol. The smallest absolute Gasteiger partial charge is 0.221 e. The molecule has 2 unspecified atom stereocenters. The van der Waals surface area contributed by atoms with Crippen molar-refractivity contribution in [2.75, 3.05) is 29.1 Å². The van der Waals surface area contributed by atoms with Crippen LogP contribution in [0.2, 0.25) is 5.02 Å². The molecule has 2 atom stereocenters. The van der Waals surface area contributed by atoms with Crippen LogP contribution in [-0.2, 0) is 4.79 Å². The van der Waals surface area contributed by atoms with Gasteiger partial charge in [0, 0.05) is 41.5 Å². The quantitative estimate of drug-likeness (QED) is 0.710. The summed E-state index contributed by atoms with van der Waals surface area (Å²) < 4.78 is 5.67. The number of carbonyl (C=O) groups is 1. The highest BCUT2D eigenvalue weighted by Gasteiger charge is 2.31. The predicted octanol–water partition coefficient (Wildman–Crippen LogP) is 4.42. The lowest BCUT2D eigenvalue weighted by atomic mass is 9.88. The fourth-order valence-corrected chi connectivity index (χ4v) is 3.37. The summed E-state index contributed by atoms with van der Waals surface area (Å²) in [6.45, 7) is 4.33. The van der Waals surface area contributed by atoms with E-state index in [0.717, 1.165) is 16.9 Å². The van der Waals surface area contributed by atoms with Crippen LogP contribution in [0.4, 0.5) is 17.1 Å². The number of rotatable bonds is 5. The van der Waals surface area contributed by atoms with Crippen LogP contribution in [0.5, 0.6) is 5.75 Å². The molecule has 3 N–H and O–H groups in total. The van der Waals surface area contributed by atoms with E-state index < -0.39 is 0 Å². The maximum atomic E-state index is 11.6. The molecule has 0 radical (unpaired) electrons. The molecule has 0 spiro atoms. The molecule has 1 heterocycles. The third-order valence-electron chi connectivity index (χ3n) is 4.32. The number of amides is 1. The van der Waals surface area contributed by atoms with Gasteiger partial charge in [-0.05, 0) is 31.2 Å². The molecule has 6 nitrogen and oxygen atoms in total. The zero-order valence-corrected chi connectivity index (χ0v) is 15.9. The Bertz CT molecular complexity index is 894. The van der Waals surface area contributed by atoms with Gasteiger partial charge in [-0.25, -0.2) is 0 Å². The van der Waals surface area contributed by atoms with E-state index in [-0.39, 0.29) is 17.9 Å². The molecule has 1 amide bonds. The van der Waals surface area contributed by atoms with E-state index in [2.05, 4.69) is 22.0 Å². The van der Waals surface area contributed by atoms with Crippen molar-refractivity contribution in [1.29, 1.82) is 5.26 Å². The third kappa shape index (κ3) is 4.26. The van der Waals surface area contributed by atoms with Gasteiger partial charge < -0.3 is 20.7 Å². The molecule has 0 bridgehead atoms. The lowest BCUT2D eigenvalue weighted by Crippen LogP contribution is -2.31. The maximum absolute atomic E-state index is 11.6. The molecule has 7 heteroatoms. The SMILES string of the molecule is CCOc1cc2c(cc1NC(C)=O)C(Nc1cccc(Cl)c1)C(C#N)CN2. The molecule has 0 saturated heterocycles. The van der Waals surface area contributed by atoms with Crippen molar-refractivity contribution in [3.8, 4) is 11.8 Å². The number of fused-ring (bicyclic) bond motifs is 1. The molecule has 2 aromatic carbocycles. The average molecular weight is 385 g/mol. The van der Waals surface area contributed by atoms with Crippen LogP contribution in [-0.4, -0.2) is 19.1 Å². The first-order valence-corrected chi connectivity index (χ1v) is 9.13. The van der Waals surface area contributed by atoms with E-state index in [1.165, 1.54) is 6.92 Å². The summed E-state index contributed by atoms with van der Waals surface area (Å²) >= 11 is 6.09. The molecule has 0 aliphatic carbocycles. The zero-order valence-electron chi connectivity index (χ0n) is 15.2. The number of ether oxygens (including phenoxy) is 1. The van der Waals surface area contributed by atoms with Crippen molar-refractivity contribution in [2.24, 2.45) is 5.92 Å². The Morgan fingerprint density at radius 3 is 2.89 bits per heavy atom. The van der Waals surface area contributed by atoms with Gasteiger partial charge in [0.25, 0.3) is 0 Å². The summed E-state index contributed by atoms with van der Waals surface area (Å²) in [5.74, 6) is 0.117. The third-order valence-corrected chi connectivity index (χ3v) is 4.56. The molecule has 1 aliphatic rings. The second-order valence-corrected chi connectivity index (χ2v) is 6.74. The van der Waals surface area contributed by atoms with Crippen molar-refractivity contribution in [2.45, 2.75) is 19.9 Å². The first kappa shape index (κ1) is 18.9. The van der Waals surface area contributed by atoms with Crippen molar-refractivity contribution >= 4 is 34.6 Å². The van der Waals surface area contributed by atoms with Crippen molar-refractivity contribution in [3.63, 3.8) is 0 Å². The first-order valence-electron chi connectivity index (χ1n) is 8.75. The van der Waals surface area contributed by atoms with Gasteiger partial charge in [0.05, 0.1) is 30.3 Å². The molecule has 140 valence electrons. The van der Waals surface area contributed by atoms with E-state index in [1.807, 2.05) is 37.3 Å². The fraction of sp³-hybridized carbons (Fsp3) is 0.300. The summed E-state index contributed by atoms with van der Waals surface area (Å²) in [6, 6.07) is 13.2. The van der Waals surface area contributed by atoms with Crippen molar-refractivity contribution in [3.05, 3.63) is 47.0 Å². The summed E-state index contributed by atoms with van der Waals surface area (Å²) in [7, 11) is 0. The maximum Gasteiger partial charge on any atom is 0.221 e. The number of hydrogen-bond donors (Lipinski definition) is 3. The van der Waals surface area contributed by atoms with Crippen LogP contribution in [0.3, 0.4) is 0 Å². The highest BCUT2D eigenvalue weighted by atomic mass is 35.5. The highest BCUT2D eigenvalue weighted by Crippen LogP contribution is 2.41. The fourth-order valence-electron chi connectivity index (χ4n) is 3.18. The topological polar surface area (TPSA) is 86.2 Å². The number of halogens is 1. The Hall–Kier alpha value is -2.91. The Morgan fingerprint density at radius 1 is 1.41 bits per heavy atom. The standard InChI is InChI=1S/C20H21ClN4O2/c1-3-27-19-9-17-16(8-18(19)24-12(2)26)20(13(10-22)11-23-17)25-15-6-4-5-14(21)7-15/h4-9,13,20,23,25H,3,11H2,1-2H3,(H,24,26). The summed E-state index contributed by atoms with van der Waals surface area (Å²) in [5, 5.41) is 19.8. The second kappa shape index (κ2) is 8.19. The predicted molar refractivity (Wildman–Crippen MR) is 107 cm³/mol. The minimum Gasteiger partial charge on any atom is -0.492 e. The van der Waals surface area contributed by atoms with E-state index in [0.29, 0.717) is 29.6 Å². The molecule has 0 fully saturated rings. The van der Waals surface area contributed by atoms with Crippen LogP contribution >= 0.6 is 11.6 Å². The molecule has 27 heavy (non-hydrogen) atoms. The van der Waals surface area contributed by atoms with Gasteiger partial charge in [0.2, 0.25) is 5.91 Å². The summed E-state index contributed by atoms with van der Waals surface area (Å²) in [5.41, 5.74) is 3.18. The second-order valence-electron chi connectivity index (χ2n) is 6.30. The number of carbonyl (C=O) groups excluding carboxylic acids is 1. The Kier molecular flexibility index (Phi) is 5.72. The van der Waals surface area contributed by atoms with E-state index in [1.54, 1.807) is 6.07 Å². The van der Waals surface area contributed by atoms with Crippen LogP contribution in [0.1, 0.15) is 25.5 Å². The Labute approximate surface area is 163 Å². The van der Waals surface area contributed by atoms with Crippen LogP contribution < -0.4 is 20.7 Å². The minimum absolute atomic E-state index is 0.184. The first-order chi connectivity index (χ1) is 13.0. The van der Waals surface area contributed by atoms with Gasteiger partial charge in [-0.3, -0.25) is 4.79 Å². The van der Waals surface area contributed by atoms with Gasteiger partial charge in [0.1, 0.15) is 5.75 Å².